The minimum atomic E-state index is 0.751. The van der Waals surface area contributed by atoms with Gasteiger partial charge in [0, 0.05) is 18.2 Å². The highest BCUT2D eigenvalue weighted by molar-refractivity contribution is 5.21. The monoisotopic (exact) mass is 248 g/mol. The maximum Gasteiger partial charge on any atom is 0.118 e. The summed E-state index contributed by atoms with van der Waals surface area (Å²) in [6.07, 6.45) is 6.78. The molecule has 3 nitrogen and oxygen atoms in total. The van der Waals surface area contributed by atoms with Crippen LogP contribution in [0.25, 0.3) is 0 Å². The molecule has 2 heterocycles. The quantitative estimate of drug-likeness (QED) is 0.868. The van der Waals surface area contributed by atoms with E-state index in [1.807, 2.05) is 0 Å². The fraction of sp³-hybridized carbons (Fsp3) is 0.733. The normalized spacial score (nSPS) is 21.4. The van der Waals surface area contributed by atoms with Gasteiger partial charge in [0.1, 0.15) is 11.5 Å². The number of nitrogens with one attached hydrogen (secondary N) is 1. The molecule has 0 amide bonds. The highest BCUT2D eigenvalue weighted by atomic mass is 16.3. The molecule has 1 aromatic rings. The molecule has 1 aromatic heterocycles. The summed E-state index contributed by atoms with van der Waals surface area (Å²) < 4.78 is 5.85. The van der Waals surface area contributed by atoms with Gasteiger partial charge in [-0.25, -0.2) is 0 Å². The maximum atomic E-state index is 5.85. The third kappa shape index (κ3) is 3.15. The van der Waals surface area contributed by atoms with Gasteiger partial charge in [0.15, 0.2) is 0 Å². The average Bonchev–Trinajstić information content (AvgIpc) is 3.15. The first kappa shape index (κ1) is 12.2. The summed E-state index contributed by atoms with van der Waals surface area (Å²) in [5, 5.41) is 3.51. The van der Waals surface area contributed by atoms with E-state index in [0.717, 1.165) is 30.7 Å². The summed E-state index contributed by atoms with van der Waals surface area (Å²) in [5.74, 6) is 2.21. The van der Waals surface area contributed by atoms with Crippen LogP contribution >= 0.6 is 0 Å². The lowest BCUT2D eigenvalue weighted by atomic mass is 10.1. The predicted molar refractivity (Wildman–Crippen MR) is 72.4 cm³/mol. The van der Waals surface area contributed by atoms with Crippen molar-refractivity contribution in [3.63, 3.8) is 0 Å². The summed E-state index contributed by atoms with van der Waals surface area (Å²) >= 11 is 0. The molecule has 18 heavy (non-hydrogen) atoms. The van der Waals surface area contributed by atoms with Crippen LogP contribution in [0.4, 0.5) is 0 Å². The largest absolute Gasteiger partial charge is 0.465 e. The zero-order valence-corrected chi connectivity index (χ0v) is 11.4. The first-order chi connectivity index (χ1) is 8.81. The first-order valence-corrected chi connectivity index (χ1v) is 7.35. The van der Waals surface area contributed by atoms with E-state index in [-0.39, 0.29) is 0 Å². The van der Waals surface area contributed by atoms with E-state index in [0.29, 0.717) is 0 Å². The topological polar surface area (TPSA) is 28.4 Å². The molecule has 0 unspecified atom stereocenters. The first-order valence-electron chi connectivity index (χ1n) is 7.35. The van der Waals surface area contributed by atoms with Crippen LogP contribution in [0.5, 0.6) is 0 Å². The molecule has 0 aromatic carbocycles. The Labute approximate surface area is 110 Å². The summed E-state index contributed by atoms with van der Waals surface area (Å²) in [6, 6.07) is 3.00. The molecule has 1 aliphatic heterocycles. The van der Waals surface area contributed by atoms with Crippen LogP contribution in [0.2, 0.25) is 0 Å². The van der Waals surface area contributed by atoms with Crippen molar-refractivity contribution < 1.29 is 4.42 Å². The minimum absolute atomic E-state index is 0.751. The van der Waals surface area contributed by atoms with Crippen LogP contribution in [-0.2, 0) is 13.1 Å². The van der Waals surface area contributed by atoms with E-state index >= 15 is 0 Å². The molecule has 1 aliphatic carbocycles. The Hall–Kier alpha value is -0.800. The Morgan fingerprint density at radius 1 is 1.28 bits per heavy atom. The van der Waals surface area contributed by atoms with Crippen molar-refractivity contribution in [2.45, 2.75) is 58.2 Å². The highest BCUT2D eigenvalue weighted by Crippen LogP contribution is 2.22. The van der Waals surface area contributed by atoms with E-state index in [2.05, 4.69) is 23.2 Å². The molecule has 2 aliphatic rings. The highest BCUT2D eigenvalue weighted by Gasteiger charge is 2.21. The number of piperidine rings is 1. The second kappa shape index (κ2) is 5.45. The fourth-order valence-corrected chi connectivity index (χ4v) is 2.72. The smallest absolute Gasteiger partial charge is 0.118 e. The van der Waals surface area contributed by atoms with Crippen LogP contribution < -0.4 is 5.32 Å². The number of rotatable bonds is 5. The van der Waals surface area contributed by atoms with E-state index < -0.39 is 0 Å². The Kier molecular flexibility index (Phi) is 3.71. The lowest BCUT2D eigenvalue weighted by Gasteiger charge is -2.25. The third-order valence-electron chi connectivity index (χ3n) is 4.06. The Morgan fingerprint density at radius 3 is 2.78 bits per heavy atom. The van der Waals surface area contributed by atoms with Crippen LogP contribution in [-0.4, -0.2) is 24.0 Å². The van der Waals surface area contributed by atoms with Gasteiger partial charge in [0.05, 0.1) is 6.54 Å². The third-order valence-corrected chi connectivity index (χ3v) is 4.06. The number of aryl methyl sites for hydroxylation is 1. The number of nitrogens with zero attached hydrogens (tertiary/aromatic N) is 1. The Bertz CT molecular complexity index is 389. The number of hydrogen-bond acceptors (Lipinski definition) is 3. The van der Waals surface area contributed by atoms with Gasteiger partial charge >= 0.3 is 0 Å². The molecule has 3 rings (SSSR count). The van der Waals surface area contributed by atoms with Crippen molar-refractivity contribution in [1.29, 1.82) is 0 Å². The molecule has 100 valence electrons. The molecule has 0 spiro atoms. The summed E-state index contributed by atoms with van der Waals surface area (Å²) in [6.45, 7) is 6.56. The van der Waals surface area contributed by atoms with Crippen molar-refractivity contribution in [3.8, 4) is 0 Å². The van der Waals surface area contributed by atoms with Gasteiger partial charge in [0.2, 0.25) is 0 Å². The van der Waals surface area contributed by atoms with Gasteiger partial charge in [-0.05, 0) is 51.8 Å². The van der Waals surface area contributed by atoms with E-state index in [4.69, 9.17) is 4.42 Å². The van der Waals surface area contributed by atoms with Crippen molar-refractivity contribution in [2.24, 2.45) is 0 Å². The SMILES string of the molecule is Cc1oc(CNC2CC2)cc1CN1CCCCC1. The summed E-state index contributed by atoms with van der Waals surface area (Å²) in [7, 11) is 0. The van der Waals surface area contributed by atoms with Crippen LogP contribution in [0, 0.1) is 6.92 Å². The zero-order valence-electron chi connectivity index (χ0n) is 11.4. The standard InChI is InChI=1S/C15H24N2O/c1-12-13(11-17-7-3-2-4-8-17)9-15(18-12)10-16-14-5-6-14/h9,14,16H,2-8,10-11H2,1H3. The molecule has 1 saturated carbocycles. The lowest BCUT2D eigenvalue weighted by Crippen LogP contribution is -2.29. The van der Waals surface area contributed by atoms with Gasteiger partial charge in [-0.2, -0.15) is 0 Å². The molecule has 3 heteroatoms. The minimum Gasteiger partial charge on any atom is -0.465 e. The molecular formula is C15H24N2O. The number of hydrogen-bond donors (Lipinski definition) is 1. The van der Waals surface area contributed by atoms with Gasteiger partial charge < -0.3 is 9.73 Å². The summed E-state index contributed by atoms with van der Waals surface area (Å²) in [4.78, 5) is 2.56. The average molecular weight is 248 g/mol. The molecule has 1 N–H and O–H groups in total. The van der Waals surface area contributed by atoms with Crippen molar-refractivity contribution in [3.05, 3.63) is 23.2 Å². The van der Waals surface area contributed by atoms with Crippen molar-refractivity contribution in [1.82, 2.24) is 10.2 Å². The molecule has 0 bridgehead atoms. The second-order valence-electron chi connectivity index (χ2n) is 5.79. The van der Waals surface area contributed by atoms with Crippen LogP contribution in [0.1, 0.15) is 49.2 Å². The van der Waals surface area contributed by atoms with E-state index in [1.54, 1.807) is 0 Å². The van der Waals surface area contributed by atoms with Crippen LogP contribution in [0.3, 0.4) is 0 Å². The molecule has 1 saturated heterocycles. The maximum absolute atomic E-state index is 5.85. The van der Waals surface area contributed by atoms with Crippen molar-refractivity contribution >= 4 is 0 Å². The second-order valence-corrected chi connectivity index (χ2v) is 5.79. The van der Waals surface area contributed by atoms with Crippen LogP contribution in [0.15, 0.2) is 10.5 Å². The molecular weight excluding hydrogens is 224 g/mol. The molecule has 0 atom stereocenters. The van der Waals surface area contributed by atoms with Gasteiger partial charge in [-0.3, -0.25) is 4.90 Å². The number of likely N-dealkylation sites (tertiary alicyclic amines) is 1. The Balaban J connectivity index is 1.56. The molecule has 0 radical (unpaired) electrons. The zero-order chi connectivity index (χ0) is 12.4. The Morgan fingerprint density at radius 2 is 2.06 bits per heavy atom. The van der Waals surface area contributed by atoms with Gasteiger partial charge in [-0.15, -0.1) is 0 Å². The van der Waals surface area contributed by atoms with E-state index in [9.17, 15) is 0 Å². The van der Waals surface area contributed by atoms with Gasteiger partial charge in [0.25, 0.3) is 0 Å². The predicted octanol–water partition coefficient (Wildman–Crippen LogP) is 2.83. The lowest BCUT2D eigenvalue weighted by molar-refractivity contribution is 0.219. The number of furan rings is 1. The molecule has 2 fully saturated rings. The van der Waals surface area contributed by atoms with Crippen molar-refractivity contribution in [2.75, 3.05) is 13.1 Å². The fourth-order valence-electron chi connectivity index (χ4n) is 2.72. The van der Waals surface area contributed by atoms with E-state index in [1.165, 1.54) is 50.8 Å². The summed E-state index contributed by atoms with van der Waals surface area (Å²) in [5.41, 5.74) is 1.38. The van der Waals surface area contributed by atoms with Gasteiger partial charge in [-0.1, -0.05) is 6.42 Å².